The minimum absolute atomic E-state index is 0.583. The molecule has 13 rings (SSSR count). The Bertz CT molecular complexity index is 3460. The van der Waals surface area contributed by atoms with Gasteiger partial charge in [-0.2, -0.15) is 9.97 Å². The highest BCUT2D eigenvalue weighted by atomic mass is 15.2. The molecule has 0 N–H and O–H groups in total. The molecule has 2 aliphatic heterocycles. The van der Waals surface area contributed by atoms with E-state index in [9.17, 15) is 0 Å². The van der Waals surface area contributed by atoms with Gasteiger partial charge in [0.25, 0.3) is 0 Å². The van der Waals surface area contributed by atoms with Crippen LogP contribution in [0.3, 0.4) is 0 Å². The Balaban J connectivity index is 1.03. The van der Waals surface area contributed by atoms with Crippen LogP contribution in [0.25, 0.3) is 106 Å². The summed E-state index contributed by atoms with van der Waals surface area (Å²) >= 11 is 0. The Hall–Kier alpha value is -7.96. The van der Waals surface area contributed by atoms with Crippen molar-refractivity contribution in [2.75, 3.05) is 4.90 Å². The molecule has 0 saturated carbocycles. The van der Waals surface area contributed by atoms with Gasteiger partial charge >= 0.3 is 0 Å². The van der Waals surface area contributed by atoms with Crippen molar-refractivity contribution in [3.05, 3.63) is 182 Å². The van der Waals surface area contributed by atoms with E-state index in [2.05, 4.69) is 125 Å². The molecule has 268 valence electrons. The van der Waals surface area contributed by atoms with Crippen LogP contribution in [0.4, 0.5) is 17.1 Å². The fraction of sp³-hybridized carbons (Fsp3) is 0. The first-order valence-electron chi connectivity index (χ1n) is 19.6. The van der Waals surface area contributed by atoms with Crippen LogP contribution in [-0.2, 0) is 0 Å². The van der Waals surface area contributed by atoms with Crippen LogP contribution in [0, 0.1) is 0 Å². The minimum atomic E-state index is 0.583. The number of para-hydroxylation sites is 2. The molecule has 0 amide bonds. The van der Waals surface area contributed by atoms with Crippen LogP contribution in [-0.4, -0.2) is 24.5 Å². The van der Waals surface area contributed by atoms with Crippen LogP contribution >= 0.6 is 0 Å². The topological polar surface area (TPSA) is 59.7 Å². The highest BCUT2D eigenvalue weighted by molar-refractivity contribution is 6.25. The number of anilines is 3. The number of hydrogen-bond donors (Lipinski definition) is 0. The molecule has 2 aliphatic rings. The highest BCUT2D eigenvalue weighted by Gasteiger charge is 2.34. The van der Waals surface area contributed by atoms with Crippen LogP contribution in [0.1, 0.15) is 0 Å². The van der Waals surface area contributed by atoms with E-state index in [1.54, 1.807) is 0 Å². The standard InChI is InChI=1S/C52H30N6/c1-3-12-32(13-4-1)50-54-51(33-14-5-2-6-15-33)56-52(55-50)58-42-20-9-7-16-36(42)41-30-34(23-26-44(41)58)35-25-27-45-47-37(35)18-11-19-38(47)39-24-22-31-28-29-53-48-40-17-8-10-21-43(40)57(45)49(39)46(31)48/h1-30H. The maximum absolute atomic E-state index is 5.13. The van der Waals surface area contributed by atoms with Crippen molar-refractivity contribution >= 4 is 60.4 Å². The van der Waals surface area contributed by atoms with Gasteiger partial charge in [-0.1, -0.05) is 140 Å². The number of pyridine rings is 1. The lowest BCUT2D eigenvalue weighted by molar-refractivity contribution is 0.953. The maximum atomic E-state index is 5.13. The van der Waals surface area contributed by atoms with Crippen molar-refractivity contribution in [1.29, 1.82) is 0 Å². The number of hydrogen-bond acceptors (Lipinski definition) is 5. The summed E-state index contributed by atoms with van der Waals surface area (Å²) in [5, 5.41) is 7.16. The second-order valence-corrected chi connectivity index (χ2v) is 15.0. The minimum Gasteiger partial charge on any atom is -0.308 e. The molecule has 8 aromatic carbocycles. The summed E-state index contributed by atoms with van der Waals surface area (Å²) in [5.41, 5.74) is 14.5. The first-order valence-corrected chi connectivity index (χ1v) is 19.6. The SMILES string of the molecule is c1ccc(-c2nc(-c3ccccc3)nc(-n3c4ccccc4c4cc(-c5ccc6c7c(cccc57)-c5ccc7ccnc8c7c5N6c5ccccc5-8)ccc43)n2)cc1. The van der Waals surface area contributed by atoms with Crippen molar-refractivity contribution in [2.24, 2.45) is 0 Å². The quantitative estimate of drug-likeness (QED) is 0.180. The van der Waals surface area contributed by atoms with Gasteiger partial charge in [0.2, 0.25) is 5.95 Å². The van der Waals surface area contributed by atoms with Crippen LogP contribution in [0.15, 0.2) is 182 Å². The number of aromatic nitrogens is 5. The van der Waals surface area contributed by atoms with E-state index in [0.717, 1.165) is 55.4 Å². The van der Waals surface area contributed by atoms with Gasteiger partial charge in [-0.25, -0.2) is 4.98 Å². The van der Waals surface area contributed by atoms with Crippen molar-refractivity contribution in [3.8, 4) is 62.2 Å². The van der Waals surface area contributed by atoms with Crippen LogP contribution in [0.5, 0.6) is 0 Å². The first kappa shape index (κ1) is 31.3. The lowest BCUT2D eigenvalue weighted by atomic mass is 9.83. The molecule has 5 heterocycles. The smallest absolute Gasteiger partial charge is 0.238 e. The zero-order valence-electron chi connectivity index (χ0n) is 31.0. The normalized spacial score (nSPS) is 12.4. The van der Waals surface area contributed by atoms with Crippen molar-refractivity contribution in [2.45, 2.75) is 0 Å². The summed E-state index contributed by atoms with van der Waals surface area (Å²) in [4.78, 5) is 22.6. The number of benzene rings is 8. The Morgan fingerprint density at radius 1 is 0.397 bits per heavy atom. The molecule has 6 heteroatoms. The Labute approximate surface area is 333 Å². The molecule has 0 unspecified atom stereocenters. The second-order valence-electron chi connectivity index (χ2n) is 15.0. The van der Waals surface area contributed by atoms with E-state index in [-0.39, 0.29) is 0 Å². The Kier molecular flexibility index (Phi) is 6.35. The van der Waals surface area contributed by atoms with Gasteiger partial charge in [0.15, 0.2) is 11.6 Å². The third-order valence-electron chi connectivity index (χ3n) is 11.9. The van der Waals surface area contributed by atoms with Gasteiger partial charge in [-0.15, -0.1) is 0 Å². The van der Waals surface area contributed by atoms with Gasteiger partial charge in [0, 0.05) is 50.0 Å². The highest BCUT2D eigenvalue weighted by Crippen LogP contribution is 2.59. The molecule has 6 nitrogen and oxygen atoms in total. The summed E-state index contributed by atoms with van der Waals surface area (Å²) in [6.07, 6.45) is 1.93. The fourth-order valence-corrected chi connectivity index (χ4v) is 9.45. The van der Waals surface area contributed by atoms with Gasteiger partial charge in [0.05, 0.1) is 33.8 Å². The number of rotatable bonds is 4. The predicted octanol–water partition coefficient (Wildman–Crippen LogP) is 13.1. The summed E-state index contributed by atoms with van der Waals surface area (Å²) in [6, 6.07) is 62.4. The predicted molar refractivity (Wildman–Crippen MR) is 236 cm³/mol. The van der Waals surface area contributed by atoms with E-state index in [0.29, 0.717) is 17.6 Å². The van der Waals surface area contributed by atoms with Gasteiger partial charge in [0.1, 0.15) is 0 Å². The molecule has 0 bridgehead atoms. The maximum Gasteiger partial charge on any atom is 0.238 e. The molecule has 0 radical (unpaired) electrons. The lowest BCUT2D eigenvalue weighted by Gasteiger charge is -2.38. The number of fused-ring (bicyclic) bond motifs is 8. The molecule has 0 atom stereocenters. The van der Waals surface area contributed by atoms with Crippen LogP contribution in [0.2, 0.25) is 0 Å². The molecule has 11 aromatic rings. The third kappa shape index (κ3) is 4.31. The van der Waals surface area contributed by atoms with Gasteiger partial charge in [-0.05, 0) is 63.9 Å². The summed E-state index contributed by atoms with van der Waals surface area (Å²) in [5.74, 6) is 1.85. The molecule has 0 spiro atoms. The van der Waals surface area contributed by atoms with E-state index < -0.39 is 0 Å². The van der Waals surface area contributed by atoms with Crippen molar-refractivity contribution in [1.82, 2.24) is 24.5 Å². The van der Waals surface area contributed by atoms with Gasteiger partial charge in [-0.3, -0.25) is 9.55 Å². The largest absolute Gasteiger partial charge is 0.308 e. The average molecular weight is 739 g/mol. The molecule has 0 saturated heterocycles. The molecule has 3 aromatic heterocycles. The zero-order valence-corrected chi connectivity index (χ0v) is 31.0. The third-order valence-corrected chi connectivity index (χ3v) is 11.9. The molecule has 0 aliphatic carbocycles. The molecule has 0 fully saturated rings. The van der Waals surface area contributed by atoms with E-state index in [4.69, 9.17) is 19.9 Å². The fourth-order valence-electron chi connectivity index (χ4n) is 9.45. The second kappa shape index (κ2) is 11.8. The molecular formula is C52H30N6. The average Bonchev–Trinajstić information content (AvgIpc) is 3.63. The Morgan fingerprint density at radius 2 is 1.09 bits per heavy atom. The van der Waals surface area contributed by atoms with Crippen molar-refractivity contribution < 1.29 is 0 Å². The lowest BCUT2D eigenvalue weighted by Crippen LogP contribution is -2.19. The Morgan fingerprint density at radius 3 is 1.91 bits per heavy atom. The summed E-state index contributed by atoms with van der Waals surface area (Å²) < 4.78 is 2.19. The van der Waals surface area contributed by atoms with E-state index in [1.807, 2.05) is 66.9 Å². The van der Waals surface area contributed by atoms with E-state index >= 15 is 0 Å². The zero-order chi connectivity index (χ0) is 37.9. The monoisotopic (exact) mass is 738 g/mol. The van der Waals surface area contributed by atoms with Gasteiger partial charge < -0.3 is 4.90 Å². The number of nitrogens with zero attached hydrogens (tertiary/aromatic N) is 6. The summed E-state index contributed by atoms with van der Waals surface area (Å²) in [6.45, 7) is 0. The first-order chi connectivity index (χ1) is 28.8. The summed E-state index contributed by atoms with van der Waals surface area (Å²) in [7, 11) is 0. The van der Waals surface area contributed by atoms with E-state index in [1.165, 1.54) is 49.6 Å². The van der Waals surface area contributed by atoms with Crippen LogP contribution < -0.4 is 4.90 Å². The molecular weight excluding hydrogens is 709 g/mol. The molecule has 58 heavy (non-hydrogen) atoms. The van der Waals surface area contributed by atoms with Crippen molar-refractivity contribution in [3.63, 3.8) is 0 Å².